The van der Waals surface area contributed by atoms with Crippen molar-refractivity contribution in [2.75, 3.05) is 0 Å². The van der Waals surface area contributed by atoms with E-state index in [1.54, 1.807) is 5.57 Å². The van der Waals surface area contributed by atoms with Crippen LogP contribution < -0.4 is 0 Å². The first-order valence-corrected chi connectivity index (χ1v) is 6.19. The molecule has 1 atom stereocenters. The van der Waals surface area contributed by atoms with E-state index in [-0.39, 0.29) is 0 Å². The average molecular weight is 212 g/mol. The van der Waals surface area contributed by atoms with Crippen molar-refractivity contribution in [2.45, 2.75) is 32.6 Å². The molecule has 16 heavy (non-hydrogen) atoms. The van der Waals surface area contributed by atoms with Crippen LogP contribution in [0.15, 0.2) is 54.1 Å². The molecule has 0 amide bonds. The van der Waals surface area contributed by atoms with Crippen LogP contribution in [0.3, 0.4) is 0 Å². The average Bonchev–Trinajstić information content (AvgIpc) is 2.31. The molecule has 84 valence electrons. The highest BCUT2D eigenvalue weighted by Crippen LogP contribution is 2.35. The monoisotopic (exact) mass is 212 g/mol. The molecule has 0 heteroatoms. The summed E-state index contributed by atoms with van der Waals surface area (Å²) in [5.41, 5.74) is 3.04. The molecular formula is C16H20. The van der Waals surface area contributed by atoms with Crippen LogP contribution in [-0.4, -0.2) is 0 Å². The molecule has 1 unspecified atom stereocenters. The molecule has 1 aromatic rings. The molecule has 0 aliphatic heterocycles. The minimum atomic E-state index is 0.589. The highest BCUT2D eigenvalue weighted by Gasteiger charge is 2.20. The Labute approximate surface area is 98.7 Å². The number of rotatable bonds is 3. The van der Waals surface area contributed by atoms with Crippen LogP contribution >= 0.6 is 0 Å². The maximum Gasteiger partial charge on any atom is 0.00744 e. The van der Waals surface area contributed by atoms with Gasteiger partial charge < -0.3 is 0 Å². The Hall–Kier alpha value is -1.30. The Morgan fingerprint density at radius 2 is 1.81 bits per heavy atom. The summed E-state index contributed by atoms with van der Waals surface area (Å²) in [6.07, 6.45) is 9.18. The smallest absolute Gasteiger partial charge is 0.00744 e. The lowest BCUT2D eigenvalue weighted by atomic mass is 9.79. The topological polar surface area (TPSA) is 0 Å². The van der Waals surface area contributed by atoms with E-state index >= 15 is 0 Å². The van der Waals surface area contributed by atoms with Gasteiger partial charge in [-0.3, -0.25) is 0 Å². The lowest BCUT2D eigenvalue weighted by Gasteiger charge is -2.25. The first kappa shape index (κ1) is 11.2. The van der Waals surface area contributed by atoms with Gasteiger partial charge in [0.15, 0.2) is 0 Å². The second-order valence-electron chi connectivity index (χ2n) is 4.84. The van der Waals surface area contributed by atoms with E-state index in [1.807, 2.05) is 0 Å². The van der Waals surface area contributed by atoms with E-state index in [2.05, 4.69) is 62.4 Å². The maximum atomic E-state index is 2.32. The Morgan fingerprint density at radius 3 is 2.38 bits per heavy atom. The van der Waals surface area contributed by atoms with Crippen LogP contribution in [0.4, 0.5) is 0 Å². The minimum Gasteiger partial charge on any atom is -0.0842 e. The summed E-state index contributed by atoms with van der Waals surface area (Å²) in [5.74, 6) is 1.26. The van der Waals surface area contributed by atoms with E-state index in [0.29, 0.717) is 11.8 Å². The number of hydrogen-bond acceptors (Lipinski definition) is 0. The molecule has 0 saturated carbocycles. The van der Waals surface area contributed by atoms with Gasteiger partial charge in [-0.25, -0.2) is 0 Å². The molecule has 0 N–H and O–H groups in total. The highest BCUT2D eigenvalue weighted by atomic mass is 14.2. The lowest BCUT2D eigenvalue weighted by molar-refractivity contribution is 0.539. The van der Waals surface area contributed by atoms with E-state index in [0.717, 1.165) is 0 Å². The zero-order valence-corrected chi connectivity index (χ0v) is 10.2. The van der Waals surface area contributed by atoms with Gasteiger partial charge in [0.2, 0.25) is 0 Å². The predicted octanol–water partition coefficient (Wildman–Crippen LogP) is 4.70. The van der Waals surface area contributed by atoms with Crippen LogP contribution in [-0.2, 0) is 0 Å². The number of benzene rings is 1. The van der Waals surface area contributed by atoms with E-state index in [4.69, 9.17) is 0 Å². The van der Waals surface area contributed by atoms with Crippen LogP contribution in [0.2, 0.25) is 0 Å². The summed E-state index contributed by atoms with van der Waals surface area (Å²) in [6.45, 7) is 4.63. The normalized spacial score (nSPS) is 17.3. The van der Waals surface area contributed by atoms with E-state index in [1.165, 1.54) is 18.4 Å². The molecule has 1 aliphatic rings. The Morgan fingerprint density at radius 1 is 1.06 bits per heavy atom. The van der Waals surface area contributed by atoms with Gasteiger partial charge in [-0.15, -0.1) is 0 Å². The Balaban J connectivity index is 2.31. The summed E-state index contributed by atoms with van der Waals surface area (Å²) < 4.78 is 0. The van der Waals surface area contributed by atoms with Crippen LogP contribution in [0.5, 0.6) is 0 Å². The fraction of sp³-hybridized carbons (Fsp3) is 0.375. The molecule has 1 aromatic carbocycles. The van der Waals surface area contributed by atoms with Gasteiger partial charge >= 0.3 is 0 Å². The summed E-state index contributed by atoms with van der Waals surface area (Å²) in [6, 6.07) is 10.9. The Bertz CT molecular complexity index is 382. The van der Waals surface area contributed by atoms with Crippen molar-refractivity contribution < 1.29 is 0 Å². The third-order valence-corrected chi connectivity index (χ3v) is 3.27. The first-order valence-electron chi connectivity index (χ1n) is 6.19. The van der Waals surface area contributed by atoms with Crippen molar-refractivity contribution in [3.8, 4) is 0 Å². The van der Waals surface area contributed by atoms with Crippen LogP contribution in [0.1, 0.15) is 38.2 Å². The summed E-state index contributed by atoms with van der Waals surface area (Å²) in [4.78, 5) is 0. The molecule has 0 saturated heterocycles. The fourth-order valence-electron chi connectivity index (χ4n) is 2.57. The van der Waals surface area contributed by atoms with Crippen molar-refractivity contribution in [1.82, 2.24) is 0 Å². The van der Waals surface area contributed by atoms with Gasteiger partial charge in [0.1, 0.15) is 0 Å². The predicted molar refractivity (Wildman–Crippen MR) is 70.5 cm³/mol. The second kappa shape index (κ2) is 5.16. The molecule has 2 rings (SSSR count). The largest absolute Gasteiger partial charge is 0.0842 e. The summed E-state index contributed by atoms with van der Waals surface area (Å²) in [7, 11) is 0. The third-order valence-electron chi connectivity index (χ3n) is 3.27. The number of hydrogen-bond donors (Lipinski definition) is 0. The highest BCUT2D eigenvalue weighted by molar-refractivity contribution is 5.33. The van der Waals surface area contributed by atoms with Gasteiger partial charge in [-0.05, 0) is 24.3 Å². The molecule has 0 fully saturated rings. The van der Waals surface area contributed by atoms with Gasteiger partial charge in [0, 0.05) is 5.92 Å². The first-order chi connectivity index (χ1) is 7.79. The summed E-state index contributed by atoms with van der Waals surface area (Å²) in [5, 5.41) is 0. The zero-order chi connectivity index (χ0) is 11.4. The third kappa shape index (κ3) is 2.44. The SMILES string of the molecule is CC(C)C(C1=CC=CCC1)c1ccccc1. The van der Waals surface area contributed by atoms with Crippen molar-refractivity contribution in [3.63, 3.8) is 0 Å². The molecular weight excluding hydrogens is 192 g/mol. The van der Waals surface area contributed by atoms with Crippen LogP contribution in [0.25, 0.3) is 0 Å². The minimum absolute atomic E-state index is 0.589. The van der Waals surface area contributed by atoms with Crippen molar-refractivity contribution in [2.24, 2.45) is 5.92 Å². The molecule has 0 heterocycles. The standard InChI is InChI=1S/C16H20/c1-13(2)16(14-9-5-3-6-10-14)15-11-7-4-8-12-15/h3-7,9-11,13,16H,8,12H2,1-2H3. The van der Waals surface area contributed by atoms with Gasteiger partial charge in [0.25, 0.3) is 0 Å². The quantitative estimate of drug-likeness (QED) is 0.681. The van der Waals surface area contributed by atoms with Gasteiger partial charge in [0.05, 0.1) is 0 Å². The fourth-order valence-corrected chi connectivity index (χ4v) is 2.57. The summed E-state index contributed by atoms with van der Waals surface area (Å²) >= 11 is 0. The lowest BCUT2D eigenvalue weighted by Crippen LogP contribution is -2.10. The molecule has 0 nitrogen and oxygen atoms in total. The number of allylic oxidation sites excluding steroid dienone is 4. The molecule has 0 bridgehead atoms. The van der Waals surface area contributed by atoms with Gasteiger partial charge in [-0.2, -0.15) is 0 Å². The van der Waals surface area contributed by atoms with Crippen molar-refractivity contribution >= 4 is 0 Å². The second-order valence-corrected chi connectivity index (χ2v) is 4.84. The van der Waals surface area contributed by atoms with E-state index in [9.17, 15) is 0 Å². The molecule has 0 aromatic heterocycles. The Kier molecular flexibility index (Phi) is 3.61. The van der Waals surface area contributed by atoms with Gasteiger partial charge in [-0.1, -0.05) is 68.0 Å². The maximum absolute atomic E-state index is 2.32. The van der Waals surface area contributed by atoms with Crippen LogP contribution in [0, 0.1) is 5.92 Å². The van der Waals surface area contributed by atoms with E-state index < -0.39 is 0 Å². The zero-order valence-electron chi connectivity index (χ0n) is 10.2. The van der Waals surface area contributed by atoms with Crippen molar-refractivity contribution in [1.29, 1.82) is 0 Å². The molecule has 0 spiro atoms. The molecule has 1 aliphatic carbocycles. The van der Waals surface area contributed by atoms with Crippen molar-refractivity contribution in [3.05, 3.63) is 59.7 Å². The molecule has 0 radical (unpaired) electrons.